The molecular formula is C12H15NO4S. The standard InChI is InChI=1S/C12H15NO4S/c1-9(14)17-12-8-18(15,16)7-11(12)13-10-5-3-2-4-6-10/h2-6,11-13H,7-8H2,1H3/t11-,12-/m1/s1. The van der Waals surface area contributed by atoms with Crippen molar-refractivity contribution in [2.75, 3.05) is 16.8 Å². The lowest BCUT2D eigenvalue weighted by molar-refractivity contribution is -0.145. The molecule has 0 radical (unpaired) electrons. The molecule has 2 rings (SSSR count). The van der Waals surface area contributed by atoms with Crippen molar-refractivity contribution in [2.45, 2.75) is 19.1 Å². The van der Waals surface area contributed by atoms with E-state index in [1.165, 1.54) is 6.92 Å². The smallest absolute Gasteiger partial charge is 0.303 e. The number of rotatable bonds is 3. The van der Waals surface area contributed by atoms with Crippen molar-refractivity contribution < 1.29 is 17.9 Å². The van der Waals surface area contributed by atoms with Crippen LogP contribution in [0.15, 0.2) is 30.3 Å². The molecule has 1 fully saturated rings. The van der Waals surface area contributed by atoms with E-state index in [2.05, 4.69) is 5.32 Å². The molecule has 1 aliphatic rings. The zero-order chi connectivity index (χ0) is 13.2. The van der Waals surface area contributed by atoms with Crippen LogP contribution in [0.2, 0.25) is 0 Å². The lowest BCUT2D eigenvalue weighted by atomic mass is 10.2. The van der Waals surface area contributed by atoms with Gasteiger partial charge in [0.15, 0.2) is 9.84 Å². The molecule has 98 valence electrons. The Morgan fingerprint density at radius 1 is 1.28 bits per heavy atom. The Hall–Kier alpha value is -1.56. The first-order valence-corrected chi connectivity index (χ1v) is 7.48. The monoisotopic (exact) mass is 269 g/mol. The average molecular weight is 269 g/mol. The predicted octanol–water partition coefficient (Wildman–Crippen LogP) is 0.827. The summed E-state index contributed by atoms with van der Waals surface area (Å²) in [6.07, 6.45) is -0.618. The molecular weight excluding hydrogens is 254 g/mol. The highest BCUT2D eigenvalue weighted by molar-refractivity contribution is 7.91. The van der Waals surface area contributed by atoms with E-state index in [-0.39, 0.29) is 17.5 Å². The van der Waals surface area contributed by atoms with E-state index in [0.717, 1.165) is 5.69 Å². The largest absolute Gasteiger partial charge is 0.459 e. The first kappa shape index (κ1) is 12.9. The first-order valence-electron chi connectivity index (χ1n) is 5.65. The van der Waals surface area contributed by atoms with E-state index in [1.807, 2.05) is 30.3 Å². The van der Waals surface area contributed by atoms with Gasteiger partial charge in [0.1, 0.15) is 6.10 Å². The van der Waals surface area contributed by atoms with Crippen LogP contribution in [0, 0.1) is 0 Å². The molecule has 2 atom stereocenters. The summed E-state index contributed by atoms with van der Waals surface area (Å²) in [5, 5.41) is 3.10. The minimum Gasteiger partial charge on any atom is -0.459 e. The van der Waals surface area contributed by atoms with E-state index in [1.54, 1.807) is 0 Å². The van der Waals surface area contributed by atoms with Crippen molar-refractivity contribution in [3.63, 3.8) is 0 Å². The molecule has 1 heterocycles. The molecule has 1 N–H and O–H groups in total. The van der Waals surface area contributed by atoms with Crippen LogP contribution in [0.4, 0.5) is 5.69 Å². The number of para-hydroxylation sites is 1. The second-order valence-electron chi connectivity index (χ2n) is 4.34. The van der Waals surface area contributed by atoms with Gasteiger partial charge in [-0.3, -0.25) is 4.79 Å². The molecule has 6 heteroatoms. The normalized spacial score (nSPS) is 25.6. The third kappa shape index (κ3) is 3.22. The summed E-state index contributed by atoms with van der Waals surface area (Å²) in [5.41, 5.74) is 0.816. The summed E-state index contributed by atoms with van der Waals surface area (Å²) in [6, 6.07) is 8.88. The van der Waals surface area contributed by atoms with Crippen LogP contribution in [0.3, 0.4) is 0 Å². The first-order chi connectivity index (χ1) is 8.46. The van der Waals surface area contributed by atoms with Crippen LogP contribution in [0.5, 0.6) is 0 Å². The second kappa shape index (κ2) is 4.97. The van der Waals surface area contributed by atoms with Crippen LogP contribution >= 0.6 is 0 Å². The minimum atomic E-state index is -3.15. The Morgan fingerprint density at radius 2 is 1.94 bits per heavy atom. The fraction of sp³-hybridized carbons (Fsp3) is 0.417. The number of nitrogens with one attached hydrogen (secondary N) is 1. The van der Waals surface area contributed by atoms with Gasteiger partial charge in [-0.25, -0.2) is 8.42 Å². The van der Waals surface area contributed by atoms with Crippen molar-refractivity contribution >= 4 is 21.5 Å². The zero-order valence-corrected chi connectivity index (χ0v) is 10.8. The summed E-state index contributed by atoms with van der Waals surface area (Å²) in [4.78, 5) is 11.0. The molecule has 1 saturated heterocycles. The Morgan fingerprint density at radius 3 is 2.56 bits per heavy atom. The summed E-state index contributed by atoms with van der Waals surface area (Å²) >= 11 is 0. The molecule has 0 saturated carbocycles. The maximum Gasteiger partial charge on any atom is 0.303 e. The number of esters is 1. The summed E-state index contributed by atoms with van der Waals surface area (Å²) in [6.45, 7) is 1.28. The Bertz CT molecular complexity index is 526. The molecule has 0 aliphatic carbocycles. The van der Waals surface area contributed by atoms with E-state index in [4.69, 9.17) is 4.74 Å². The number of benzene rings is 1. The van der Waals surface area contributed by atoms with E-state index in [0.29, 0.717) is 0 Å². The van der Waals surface area contributed by atoms with Gasteiger partial charge in [0.2, 0.25) is 0 Å². The summed E-state index contributed by atoms with van der Waals surface area (Å²) in [7, 11) is -3.15. The van der Waals surface area contributed by atoms with Gasteiger partial charge in [-0.1, -0.05) is 18.2 Å². The SMILES string of the molecule is CC(=O)O[C@@H]1CS(=O)(=O)C[C@H]1Nc1ccccc1. The number of hydrogen-bond acceptors (Lipinski definition) is 5. The molecule has 0 aromatic heterocycles. The van der Waals surface area contributed by atoms with Gasteiger partial charge in [-0.05, 0) is 12.1 Å². The molecule has 1 aromatic rings. The van der Waals surface area contributed by atoms with Crippen molar-refractivity contribution in [1.82, 2.24) is 0 Å². The topological polar surface area (TPSA) is 72.5 Å². The van der Waals surface area contributed by atoms with Crippen LogP contribution < -0.4 is 5.32 Å². The number of hydrogen-bond donors (Lipinski definition) is 1. The van der Waals surface area contributed by atoms with Crippen molar-refractivity contribution in [1.29, 1.82) is 0 Å². The van der Waals surface area contributed by atoms with Crippen molar-refractivity contribution in [2.24, 2.45) is 0 Å². The lowest BCUT2D eigenvalue weighted by Crippen LogP contribution is -2.35. The Labute approximate surface area is 106 Å². The number of sulfone groups is 1. The van der Waals surface area contributed by atoms with Crippen LogP contribution in [-0.4, -0.2) is 38.0 Å². The lowest BCUT2D eigenvalue weighted by Gasteiger charge is -2.20. The van der Waals surface area contributed by atoms with Gasteiger partial charge in [0, 0.05) is 12.6 Å². The molecule has 0 amide bonds. The number of ether oxygens (including phenoxy) is 1. The van der Waals surface area contributed by atoms with Gasteiger partial charge in [-0.2, -0.15) is 0 Å². The van der Waals surface area contributed by atoms with Gasteiger partial charge >= 0.3 is 5.97 Å². The average Bonchev–Trinajstić information content (AvgIpc) is 2.53. The van der Waals surface area contributed by atoms with Gasteiger partial charge in [-0.15, -0.1) is 0 Å². The summed E-state index contributed by atoms with van der Waals surface area (Å²) in [5.74, 6) is -0.589. The quantitative estimate of drug-likeness (QED) is 0.823. The molecule has 1 aliphatic heterocycles. The van der Waals surface area contributed by atoms with Gasteiger partial charge in [0.25, 0.3) is 0 Å². The van der Waals surface area contributed by atoms with E-state index < -0.39 is 21.9 Å². The van der Waals surface area contributed by atoms with Gasteiger partial charge in [0.05, 0.1) is 17.5 Å². The fourth-order valence-corrected chi connectivity index (χ4v) is 3.81. The molecule has 0 bridgehead atoms. The third-order valence-corrected chi connectivity index (χ3v) is 4.45. The predicted molar refractivity (Wildman–Crippen MR) is 68.1 cm³/mol. The fourth-order valence-electron chi connectivity index (χ4n) is 2.03. The second-order valence-corrected chi connectivity index (χ2v) is 6.50. The van der Waals surface area contributed by atoms with E-state index in [9.17, 15) is 13.2 Å². The Balaban J connectivity index is 2.12. The van der Waals surface area contributed by atoms with Crippen LogP contribution in [0.1, 0.15) is 6.92 Å². The highest BCUT2D eigenvalue weighted by Crippen LogP contribution is 2.20. The Kier molecular flexibility index (Phi) is 3.56. The number of anilines is 1. The van der Waals surface area contributed by atoms with Crippen molar-refractivity contribution in [3.05, 3.63) is 30.3 Å². The molecule has 0 unspecified atom stereocenters. The number of carbonyl (C=O) groups is 1. The zero-order valence-electron chi connectivity index (χ0n) is 10.00. The maximum absolute atomic E-state index is 11.6. The van der Waals surface area contributed by atoms with Gasteiger partial charge < -0.3 is 10.1 Å². The minimum absolute atomic E-state index is 0.0140. The molecule has 5 nitrogen and oxygen atoms in total. The third-order valence-electron chi connectivity index (χ3n) is 2.74. The molecule has 18 heavy (non-hydrogen) atoms. The molecule has 1 aromatic carbocycles. The maximum atomic E-state index is 11.6. The summed E-state index contributed by atoms with van der Waals surface area (Å²) < 4.78 is 28.2. The van der Waals surface area contributed by atoms with Crippen LogP contribution in [0.25, 0.3) is 0 Å². The highest BCUT2D eigenvalue weighted by atomic mass is 32.2. The van der Waals surface area contributed by atoms with Crippen molar-refractivity contribution in [3.8, 4) is 0 Å². The highest BCUT2D eigenvalue weighted by Gasteiger charge is 2.39. The van der Waals surface area contributed by atoms with Crippen LogP contribution in [-0.2, 0) is 19.4 Å². The molecule has 0 spiro atoms. The number of carbonyl (C=O) groups excluding carboxylic acids is 1. The van der Waals surface area contributed by atoms with E-state index >= 15 is 0 Å².